The molecule has 2 aromatic carbocycles. The lowest BCUT2D eigenvalue weighted by Gasteiger charge is -2.10. The number of rotatable bonds is 9. The summed E-state index contributed by atoms with van der Waals surface area (Å²) in [6.07, 6.45) is 1.41. The normalized spacial score (nSPS) is 10.6. The van der Waals surface area contributed by atoms with Gasteiger partial charge < -0.3 is 14.2 Å². The summed E-state index contributed by atoms with van der Waals surface area (Å²) < 4.78 is 16.0. The Morgan fingerprint density at radius 2 is 1.82 bits per heavy atom. The number of para-hydroxylation sites is 1. The van der Waals surface area contributed by atoms with Crippen molar-refractivity contribution in [2.75, 3.05) is 19.8 Å². The number of benzene rings is 2. The zero-order valence-corrected chi connectivity index (χ0v) is 15.2. The van der Waals surface area contributed by atoms with Gasteiger partial charge in [-0.3, -0.25) is 10.1 Å². The Balaban J connectivity index is 1.97. The number of nitriles is 1. The van der Waals surface area contributed by atoms with Crippen LogP contribution in [0.3, 0.4) is 0 Å². The lowest BCUT2D eigenvalue weighted by atomic mass is 10.1. The molecule has 0 amide bonds. The van der Waals surface area contributed by atoms with Crippen molar-refractivity contribution in [3.63, 3.8) is 0 Å². The molecule has 0 aliphatic carbocycles. The van der Waals surface area contributed by atoms with Gasteiger partial charge in [0.05, 0.1) is 11.5 Å². The average molecular weight is 382 g/mol. The van der Waals surface area contributed by atoms with Crippen molar-refractivity contribution in [3.05, 3.63) is 69.8 Å². The molecule has 28 heavy (non-hydrogen) atoms. The van der Waals surface area contributed by atoms with Crippen molar-refractivity contribution in [2.24, 2.45) is 0 Å². The summed E-state index contributed by atoms with van der Waals surface area (Å²) in [7, 11) is 0. The van der Waals surface area contributed by atoms with Gasteiger partial charge in [-0.1, -0.05) is 18.2 Å². The second-order valence-corrected chi connectivity index (χ2v) is 5.38. The van der Waals surface area contributed by atoms with E-state index >= 15 is 0 Å². The molecule has 0 aliphatic heterocycles. The monoisotopic (exact) mass is 382 g/mol. The maximum absolute atomic E-state index is 11.8. The van der Waals surface area contributed by atoms with Crippen LogP contribution in [0.4, 0.5) is 5.69 Å². The van der Waals surface area contributed by atoms with Crippen LogP contribution in [0, 0.1) is 21.4 Å². The van der Waals surface area contributed by atoms with Gasteiger partial charge in [-0.2, -0.15) is 5.26 Å². The summed E-state index contributed by atoms with van der Waals surface area (Å²) in [5.41, 5.74) is 0.418. The smallest absolute Gasteiger partial charge is 0.348 e. The van der Waals surface area contributed by atoms with Crippen LogP contribution in [0.25, 0.3) is 6.08 Å². The summed E-state index contributed by atoms with van der Waals surface area (Å²) in [6, 6.07) is 14.5. The number of nitrogens with zero attached hydrogens (tertiary/aromatic N) is 2. The molecule has 0 N–H and O–H groups in total. The molecule has 0 spiro atoms. The second kappa shape index (κ2) is 10.3. The van der Waals surface area contributed by atoms with Gasteiger partial charge in [0, 0.05) is 17.7 Å². The number of ether oxygens (including phenoxy) is 3. The van der Waals surface area contributed by atoms with Crippen molar-refractivity contribution < 1.29 is 23.9 Å². The van der Waals surface area contributed by atoms with Gasteiger partial charge in [-0.15, -0.1) is 0 Å². The third-order valence-electron chi connectivity index (χ3n) is 3.49. The van der Waals surface area contributed by atoms with Gasteiger partial charge in [0.25, 0.3) is 5.69 Å². The van der Waals surface area contributed by atoms with E-state index in [0.717, 1.165) is 0 Å². The van der Waals surface area contributed by atoms with Crippen LogP contribution in [0.1, 0.15) is 12.5 Å². The lowest BCUT2D eigenvalue weighted by molar-refractivity contribution is -0.384. The summed E-state index contributed by atoms with van der Waals surface area (Å²) in [4.78, 5) is 21.9. The van der Waals surface area contributed by atoms with Crippen LogP contribution < -0.4 is 9.47 Å². The zero-order chi connectivity index (χ0) is 20.4. The van der Waals surface area contributed by atoms with Crippen LogP contribution in [0.5, 0.6) is 11.5 Å². The molecule has 0 bridgehead atoms. The maximum atomic E-state index is 11.8. The standard InChI is InChI=1S/C20H18N2O6/c1-2-26-20(23)16(14-21)13-15-5-3-4-6-19(15)28-12-11-27-18-9-7-17(8-10-18)22(24)25/h3-10,13H,2,11-12H2,1H3. The molecule has 8 nitrogen and oxygen atoms in total. The number of nitro groups is 1. The molecule has 0 heterocycles. The van der Waals surface area contributed by atoms with Crippen molar-refractivity contribution in [3.8, 4) is 17.6 Å². The average Bonchev–Trinajstić information content (AvgIpc) is 2.70. The van der Waals surface area contributed by atoms with Gasteiger partial charge in [0.1, 0.15) is 36.4 Å². The third kappa shape index (κ3) is 5.85. The van der Waals surface area contributed by atoms with Crippen molar-refractivity contribution in [1.82, 2.24) is 0 Å². The van der Waals surface area contributed by atoms with Crippen LogP contribution in [-0.4, -0.2) is 30.7 Å². The number of non-ortho nitro benzene ring substituents is 1. The fourth-order valence-electron chi connectivity index (χ4n) is 2.21. The van der Waals surface area contributed by atoms with Gasteiger partial charge in [-0.25, -0.2) is 4.79 Å². The molecular weight excluding hydrogens is 364 g/mol. The van der Waals surface area contributed by atoms with Crippen LogP contribution in [-0.2, 0) is 9.53 Å². The number of hydrogen-bond donors (Lipinski definition) is 0. The van der Waals surface area contributed by atoms with E-state index in [1.165, 1.54) is 30.3 Å². The molecule has 2 aromatic rings. The Morgan fingerprint density at radius 3 is 2.46 bits per heavy atom. The topological polar surface area (TPSA) is 112 Å². The number of carbonyl (C=O) groups excluding carboxylic acids is 1. The quantitative estimate of drug-likeness (QED) is 0.163. The molecule has 8 heteroatoms. The van der Waals surface area contributed by atoms with E-state index in [9.17, 15) is 14.9 Å². The molecule has 0 unspecified atom stereocenters. The molecule has 144 valence electrons. The highest BCUT2D eigenvalue weighted by Gasteiger charge is 2.11. The van der Waals surface area contributed by atoms with Crippen LogP contribution >= 0.6 is 0 Å². The fourth-order valence-corrected chi connectivity index (χ4v) is 2.21. The summed E-state index contributed by atoms with van der Waals surface area (Å²) in [6.45, 7) is 2.24. The third-order valence-corrected chi connectivity index (χ3v) is 3.49. The molecule has 0 saturated heterocycles. The summed E-state index contributed by atoms with van der Waals surface area (Å²) in [5, 5.41) is 19.8. The number of nitro benzene ring substituents is 1. The van der Waals surface area contributed by atoms with E-state index in [0.29, 0.717) is 17.1 Å². The van der Waals surface area contributed by atoms with E-state index < -0.39 is 10.9 Å². The predicted octanol–water partition coefficient (Wildman–Crippen LogP) is 3.52. The Morgan fingerprint density at radius 1 is 1.14 bits per heavy atom. The fraction of sp³-hybridized carbons (Fsp3) is 0.200. The highest BCUT2D eigenvalue weighted by atomic mass is 16.6. The predicted molar refractivity (Wildman–Crippen MR) is 101 cm³/mol. The molecule has 2 rings (SSSR count). The van der Waals surface area contributed by atoms with Gasteiger partial charge >= 0.3 is 5.97 Å². The second-order valence-electron chi connectivity index (χ2n) is 5.38. The van der Waals surface area contributed by atoms with Gasteiger partial charge in [0.2, 0.25) is 0 Å². The summed E-state index contributed by atoms with van der Waals surface area (Å²) >= 11 is 0. The zero-order valence-electron chi connectivity index (χ0n) is 15.2. The van der Waals surface area contributed by atoms with E-state index in [-0.39, 0.29) is 31.1 Å². The number of esters is 1. The van der Waals surface area contributed by atoms with Crippen molar-refractivity contribution in [1.29, 1.82) is 5.26 Å². The Hall–Kier alpha value is -3.86. The SMILES string of the molecule is CCOC(=O)C(C#N)=Cc1ccccc1OCCOc1ccc([N+](=O)[O-])cc1. The molecule has 0 radical (unpaired) electrons. The maximum Gasteiger partial charge on any atom is 0.348 e. The van der Waals surface area contributed by atoms with E-state index in [2.05, 4.69) is 0 Å². The van der Waals surface area contributed by atoms with Gasteiger partial charge in [-0.05, 0) is 31.2 Å². The molecule has 0 fully saturated rings. The molecular formula is C20H18N2O6. The van der Waals surface area contributed by atoms with Gasteiger partial charge in [0.15, 0.2) is 0 Å². The largest absolute Gasteiger partial charge is 0.490 e. The van der Waals surface area contributed by atoms with E-state index in [1.807, 2.05) is 6.07 Å². The highest BCUT2D eigenvalue weighted by molar-refractivity contribution is 5.98. The first-order valence-corrected chi connectivity index (χ1v) is 8.43. The van der Waals surface area contributed by atoms with Crippen LogP contribution in [0.2, 0.25) is 0 Å². The minimum atomic E-state index is -0.693. The van der Waals surface area contributed by atoms with Crippen LogP contribution in [0.15, 0.2) is 54.1 Å². The Bertz CT molecular complexity index is 900. The lowest BCUT2D eigenvalue weighted by Crippen LogP contribution is -2.10. The first kappa shape index (κ1) is 20.5. The first-order valence-electron chi connectivity index (χ1n) is 8.43. The number of carbonyl (C=O) groups is 1. The van der Waals surface area contributed by atoms with Crippen molar-refractivity contribution >= 4 is 17.7 Å². The highest BCUT2D eigenvalue weighted by Crippen LogP contribution is 2.22. The van der Waals surface area contributed by atoms with E-state index in [4.69, 9.17) is 19.5 Å². The Labute approximate surface area is 161 Å². The molecule has 0 atom stereocenters. The number of hydrogen-bond acceptors (Lipinski definition) is 7. The first-order chi connectivity index (χ1) is 13.5. The van der Waals surface area contributed by atoms with Crippen molar-refractivity contribution in [2.45, 2.75) is 6.92 Å². The van der Waals surface area contributed by atoms with E-state index in [1.54, 1.807) is 31.2 Å². The molecule has 0 aromatic heterocycles. The molecule has 0 saturated carbocycles. The minimum absolute atomic E-state index is 0.0146. The Kier molecular flexibility index (Phi) is 7.54. The molecule has 0 aliphatic rings. The summed E-state index contributed by atoms with van der Waals surface area (Å²) in [5.74, 6) is 0.268. The minimum Gasteiger partial charge on any atom is -0.490 e.